The number of anilines is 1. The number of rotatable bonds is 7. The maximum Gasteiger partial charge on any atom is 0.121 e. The molecule has 0 atom stereocenters. The second kappa shape index (κ2) is 7.38. The smallest absolute Gasteiger partial charge is 0.121 e. The molecule has 0 aliphatic heterocycles. The third-order valence-electron chi connectivity index (χ3n) is 1.97. The molecule has 0 heterocycles. The molecule has 4 nitrogen and oxygen atoms in total. The van der Waals surface area contributed by atoms with Crippen LogP contribution in [0.25, 0.3) is 0 Å². The summed E-state index contributed by atoms with van der Waals surface area (Å²) >= 11 is 1.69. The molecule has 0 saturated heterocycles. The summed E-state index contributed by atoms with van der Waals surface area (Å²) in [7, 11) is 0. The van der Waals surface area contributed by atoms with E-state index >= 15 is 0 Å². The molecule has 0 aliphatic rings. The van der Waals surface area contributed by atoms with Gasteiger partial charge < -0.3 is 20.5 Å². The summed E-state index contributed by atoms with van der Waals surface area (Å²) in [6.07, 6.45) is 2.59. The highest BCUT2D eigenvalue weighted by Crippen LogP contribution is 2.23. The third kappa shape index (κ3) is 4.30. The predicted octanol–water partition coefficient (Wildman–Crippen LogP) is 2.22. The molecule has 5 heteroatoms. The molecule has 16 heavy (non-hydrogen) atoms. The second-order valence-electron chi connectivity index (χ2n) is 3.33. The molecule has 0 spiro atoms. The van der Waals surface area contributed by atoms with Crippen LogP contribution in [-0.4, -0.2) is 24.6 Å². The van der Waals surface area contributed by atoms with Gasteiger partial charge in [-0.2, -0.15) is 11.8 Å². The first-order chi connectivity index (χ1) is 7.80. The molecule has 0 aliphatic carbocycles. The molecule has 0 bridgehead atoms. The van der Waals surface area contributed by atoms with Gasteiger partial charge in [0, 0.05) is 30.5 Å². The Hall–Kier alpha value is -0.910. The molecular formula is C11H16NO3S-. The van der Waals surface area contributed by atoms with E-state index in [0.717, 1.165) is 11.3 Å². The van der Waals surface area contributed by atoms with E-state index in [9.17, 15) is 5.21 Å². The van der Waals surface area contributed by atoms with Gasteiger partial charge in [0.25, 0.3) is 0 Å². The number of aliphatic hydroxyl groups excluding tert-OH is 1. The summed E-state index contributed by atoms with van der Waals surface area (Å²) in [5.41, 5.74) is 3.42. The second-order valence-corrected chi connectivity index (χ2v) is 4.19. The van der Waals surface area contributed by atoms with E-state index in [-0.39, 0.29) is 6.61 Å². The number of hydrogen-bond acceptors (Lipinski definition) is 5. The minimum atomic E-state index is 0.108. The highest BCUT2D eigenvalue weighted by atomic mass is 32.2. The van der Waals surface area contributed by atoms with Gasteiger partial charge in [-0.1, -0.05) is 0 Å². The fourth-order valence-corrected chi connectivity index (χ4v) is 1.81. The summed E-state index contributed by atoms with van der Waals surface area (Å²) in [6.45, 7) is 0.564. The van der Waals surface area contributed by atoms with Gasteiger partial charge in [0.05, 0.1) is 6.61 Å². The molecule has 0 unspecified atom stereocenters. The van der Waals surface area contributed by atoms with Crippen molar-refractivity contribution in [2.24, 2.45) is 0 Å². The van der Waals surface area contributed by atoms with E-state index in [1.54, 1.807) is 17.8 Å². The zero-order valence-electron chi connectivity index (χ0n) is 9.23. The van der Waals surface area contributed by atoms with Gasteiger partial charge in [0.15, 0.2) is 0 Å². The van der Waals surface area contributed by atoms with Crippen LogP contribution in [0.4, 0.5) is 5.69 Å². The fourth-order valence-electron chi connectivity index (χ4n) is 1.31. The van der Waals surface area contributed by atoms with Crippen LogP contribution in [0.1, 0.15) is 12.0 Å². The van der Waals surface area contributed by atoms with Crippen molar-refractivity contribution in [3.05, 3.63) is 29.0 Å². The molecule has 0 amide bonds. The van der Waals surface area contributed by atoms with Gasteiger partial charge in [-0.3, -0.25) is 0 Å². The Morgan fingerprint density at radius 3 is 2.88 bits per heavy atom. The lowest BCUT2D eigenvalue weighted by atomic mass is 10.2. The maximum absolute atomic E-state index is 10.6. The number of thioether (sulfide) groups is 1. The van der Waals surface area contributed by atoms with Crippen LogP contribution in [0.3, 0.4) is 0 Å². The molecule has 0 aromatic heterocycles. The van der Waals surface area contributed by atoms with Crippen molar-refractivity contribution in [2.45, 2.75) is 12.2 Å². The van der Waals surface area contributed by atoms with Crippen LogP contribution in [0.5, 0.6) is 5.75 Å². The van der Waals surface area contributed by atoms with Crippen LogP contribution < -0.4 is 10.2 Å². The van der Waals surface area contributed by atoms with Crippen molar-refractivity contribution in [3.8, 4) is 5.75 Å². The van der Waals surface area contributed by atoms with Crippen molar-refractivity contribution in [2.75, 3.05) is 24.9 Å². The summed E-state index contributed by atoms with van der Waals surface area (Å²) in [5, 5.41) is 19.3. The van der Waals surface area contributed by atoms with Gasteiger partial charge in [0.1, 0.15) is 5.75 Å². The molecule has 1 rings (SSSR count). The van der Waals surface area contributed by atoms with E-state index in [1.165, 1.54) is 0 Å². The minimum Gasteiger partial charge on any atom is -0.761 e. The van der Waals surface area contributed by atoms with Crippen LogP contribution in [-0.2, 0) is 5.75 Å². The first kappa shape index (κ1) is 13.2. The average molecular weight is 242 g/mol. The molecule has 0 radical (unpaired) electrons. The first-order valence-electron chi connectivity index (χ1n) is 5.05. The highest BCUT2D eigenvalue weighted by Gasteiger charge is 2.00. The van der Waals surface area contributed by atoms with Crippen molar-refractivity contribution in [1.82, 2.24) is 0 Å². The van der Waals surface area contributed by atoms with Crippen LogP contribution in [0, 0.1) is 5.21 Å². The Labute approximate surface area is 99.6 Å². The Morgan fingerprint density at radius 2 is 2.25 bits per heavy atom. The maximum atomic E-state index is 10.6. The standard InChI is InChI=1S/C11H16NO3S/c1-16-8-9-5-10(12-14)7-11(6-9)15-4-2-3-13/h5-7,12-13H,2-4,8H2,1H3/q-1. The molecule has 0 saturated carbocycles. The molecule has 0 fully saturated rings. The van der Waals surface area contributed by atoms with Gasteiger partial charge in [-0.15, -0.1) is 0 Å². The zero-order valence-corrected chi connectivity index (χ0v) is 10.0. The van der Waals surface area contributed by atoms with Crippen molar-refractivity contribution < 1.29 is 9.84 Å². The number of benzene rings is 1. The topological polar surface area (TPSA) is 64.5 Å². The lowest BCUT2D eigenvalue weighted by molar-refractivity contribution is 0.233. The lowest BCUT2D eigenvalue weighted by Gasteiger charge is -2.14. The Balaban J connectivity index is 2.69. The van der Waals surface area contributed by atoms with E-state index in [4.69, 9.17) is 9.84 Å². The molecule has 2 N–H and O–H groups in total. The van der Waals surface area contributed by atoms with Crippen LogP contribution in [0.15, 0.2) is 18.2 Å². The van der Waals surface area contributed by atoms with E-state index < -0.39 is 0 Å². The molecule has 1 aromatic carbocycles. The SMILES string of the molecule is CSCc1cc(N[O-])cc(OCCCO)c1. The first-order valence-corrected chi connectivity index (χ1v) is 6.44. The summed E-state index contributed by atoms with van der Waals surface area (Å²) in [6, 6.07) is 5.38. The Morgan fingerprint density at radius 1 is 1.44 bits per heavy atom. The van der Waals surface area contributed by atoms with Crippen LogP contribution >= 0.6 is 11.8 Å². The summed E-state index contributed by atoms with van der Waals surface area (Å²) in [5.74, 6) is 1.50. The fraction of sp³-hybridized carbons (Fsp3) is 0.455. The lowest BCUT2D eigenvalue weighted by Crippen LogP contribution is -2.00. The summed E-state index contributed by atoms with van der Waals surface area (Å²) < 4.78 is 5.43. The minimum absolute atomic E-state index is 0.108. The van der Waals surface area contributed by atoms with E-state index in [1.807, 2.05) is 23.9 Å². The highest BCUT2D eigenvalue weighted by molar-refractivity contribution is 7.97. The number of hydrogen-bond donors (Lipinski definition) is 2. The number of nitrogens with one attached hydrogen (secondary N) is 1. The molecule has 90 valence electrons. The molecule has 1 aromatic rings. The normalized spacial score (nSPS) is 10.2. The monoisotopic (exact) mass is 242 g/mol. The quantitative estimate of drug-likeness (QED) is 0.567. The van der Waals surface area contributed by atoms with Gasteiger partial charge >= 0.3 is 0 Å². The largest absolute Gasteiger partial charge is 0.761 e. The summed E-state index contributed by atoms with van der Waals surface area (Å²) in [4.78, 5) is 0. The Kier molecular flexibility index (Phi) is 6.07. The van der Waals surface area contributed by atoms with Gasteiger partial charge in [-0.25, -0.2) is 0 Å². The van der Waals surface area contributed by atoms with Crippen molar-refractivity contribution in [3.63, 3.8) is 0 Å². The van der Waals surface area contributed by atoms with Crippen LogP contribution in [0.2, 0.25) is 0 Å². The molecular weight excluding hydrogens is 226 g/mol. The number of aliphatic hydroxyl groups is 1. The van der Waals surface area contributed by atoms with E-state index in [0.29, 0.717) is 24.5 Å². The van der Waals surface area contributed by atoms with Crippen molar-refractivity contribution >= 4 is 17.4 Å². The number of ether oxygens (including phenoxy) is 1. The predicted molar refractivity (Wildman–Crippen MR) is 67.8 cm³/mol. The Bertz CT molecular complexity index is 320. The van der Waals surface area contributed by atoms with Gasteiger partial charge in [0.2, 0.25) is 0 Å². The van der Waals surface area contributed by atoms with Crippen molar-refractivity contribution in [1.29, 1.82) is 0 Å². The van der Waals surface area contributed by atoms with E-state index in [2.05, 4.69) is 0 Å². The van der Waals surface area contributed by atoms with Gasteiger partial charge in [-0.05, 0) is 24.0 Å². The zero-order chi connectivity index (χ0) is 11.8. The third-order valence-corrected chi connectivity index (χ3v) is 2.59. The average Bonchev–Trinajstić information content (AvgIpc) is 2.29.